The van der Waals surface area contributed by atoms with Gasteiger partial charge in [0.2, 0.25) is 5.91 Å². The molecule has 0 radical (unpaired) electrons. The van der Waals surface area contributed by atoms with Crippen molar-refractivity contribution in [2.75, 3.05) is 25.7 Å². The molecule has 28 heavy (non-hydrogen) atoms. The Bertz CT molecular complexity index is 701. The first-order chi connectivity index (χ1) is 13.1. The first-order valence-electron chi connectivity index (χ1n) is 8.86. The molecule has 1 aromatic rings. The van der Waals surface area contributed by atoms with Gasteiger partial charge in [0.15, 0.2) is 0 Å². The predicted octanol–water partition coefficient (Wildman–Crippen LogP) is 4.88. The Morgan fingerprint density at radius 2 is 1.89 bits per heavy atom. The Kier molecular flexibility index (Phi) is 8.15. The molecule has 0 N–H and O–H groups in total. The number of rotatable bonds is 6. The minimum atomic E-state index is -4.22. The van der Waals surface area contributed by atoms with Crippen molar-refractivity contribution in [3.8, 4) is 0 Å². The van der Waals surface area contributed by atoms with Gasteiger partial charge < -0.3 is 14.4 Å². The molecule has 5 nitrogen and oxygen atoms in total. The highest BCUT2D eigenvalue weighted by Crippen LogP contribution is 2.41. The number of ether oxygens (including phenoxy) is 2. The van der Waals surface area contributed by atoms with Crippen LogP contribution in [0, 0.1) is 14.7 Å². The second-order valence-electron chi connectivity index (χ2n) is 6.86. The average molecular weight is 533 g/mol. The first kappa shape index (κ1) is 23.4. The Hall–Kier alpha value is -0.880. The van der Waals surface area contributed by atoms with E-state index in [-0.39, 0.29) is 44.2 Å². The minimum absolute atomic E-state index is 0.0581. The molecular formula is C18H23F3INO4S. The van der Waals surface area contributed by atoms with Crippen molar-refractivity contribution >= 4 is 51.5 Å². The lowest BCUT2D eigenvalue weighted by Gasteiger charge is -2.35. The van der Waals surface area contributed by atoms with Gasteiger partial charge in [0.05, 0.1) is 34.2 Å². The summed E-state index contributed by atoms with van der Waals surface area (Å²) in [6, 6.07) is 1.34. The minimum Gasteiger partial charge on any atom is -0.465 e. The van der Waals surface area contributed by atoms with Crippen molar-refractivity contribution in [2.45, 2.75) is 44.8 Å². The fraction of sp³-hybridized carbons (Fsp3) is 0.667. The van der Waals surface area contributed by atoms with Gasteiger partial charge in [-0.05, 0) is 61.3 Å². The van der Waals surface area contributed by atoms with Gasteiger partial charge in [-0.1, -0.05) is 0 Å². The van der Waals surface area contributed by atoms with Crippen LogP contribution in [0.3, 0.4) is 0 Å². The average Bonchev–Trinajstić information content (AvgIpc) is 3.02. The molecule has 1 heterocycles. The van der Waals surface area contributed by atoms with Crippen molar-refractivity contribution in [1.29, 1.82) is 0 Å². The maximum atomic E-state index is 13.3. The molecule has 1 aromatic heterocycles. The van der Waals surface area contributed by atoms with E-state index in [4.69, 9.17) is 9.47 Å². The number of hydrogen-bond donors (Lipinski definition) is 0. The molecule has 10 heteroatoms. The van der Waals surface area contributed by atoms with E-state index in [1.807, 2.05) is 0 Å². The normalized spacial score (nSPS) is 21.2. The summed E-state index contributed by atoms with van der Waals surface area (Å²) in [5, 5.41) is 0. The van der Waals surface area contributed by atoms with Crippen LogP contribution in [0.2, 0.25) is 0 Å². The fourth-order valence-electron chi connectivity index (χ4n) is 3.52. The largest absolute Gasteiger partial charge is 0.465 e. The molecule has 1 aliphatic rings. The Morgan fingerprint density at radius 3 is 2.39 bits per heavy atom. The summed E-state index contributed by atoms with van der Waals surface area (Å²) in [7, 11) is 2.77. The molecule has 0 aliphatic heterocycles. The number of halogens is 4. The van der Waals surface area contributed by atoms with Crippen LogP contribution < -0.4 is 4.90 Å². The lowest BCUT2D eigenvalue weighted by molar-refractivity contribution is -0.184. The molecule has 0 aromatic carbocycles. The number of esters is 1. The fourth-order valence-corrected chi connectivity index (χ4v) is 5.27. The highest BCUT2D eigenvalue weighted by Gasteiger charge is 2.43. The monoisotopic (exact) mass is 533 g/mol. The van der Waals surface area contributed by atoms with E-state index in [1.54, 1.807) is 13.0 Å². The second-order valence-corrected chi connectivity index (χ2v) is 9.81. The summed E-state index contributed by atoms with van der Waals surface area (Å²) < 4.78 is 49.6. The van der Waals surface area contributed by atoms with E-state index >= 15 is 0 Å². The third-order valence-electron chi connectivity index (χ3n) is 4.94. The summed E-state index contributed by atoms with van der Waals surface area (Å²) in [6.45, 7) is 2.02. The smallest absolute Gasteiger partial charge is 0.391 e. The van der Waals surface area contributed by atoms with Crippen LogP contribution in [-0.2, 0) is 14.3 Å². The number of amides is 1. The lowest BCUT2D eigenvalue weighted by atomic mass is 9.81. The van der Waals surface area contributed by atoms with Crippen LogP contribution in [0.25, 0.3) is 0 Å². The maximum absolute atomic E-state index is 13.3. The van der Waals surface area contributed by atoms with Crippen molar-refractivity contribution in [1.82, 2.24) is 0 Å². The summed E-state index contributed by atoms with van der Waals surface area (Å²) in [5.74, 6) is -2.69. The maximum Gasteiger partial charge on any atom is 0.391 e. The van der Waals surface area contributed by atoms with E-state index < -0.39 is 24.0 Å². The van der Waals surface area contributed by atoms with E-state index in [1.165, 1.54) is 30.5 Å². The lowest BCUT2D eigenvalue weighted by Crippen LogP contribution is -2.46. The third kappa shape index (κ3) is 5.38. The molecule has 0 bridgehead atoms. The van der Waals surface area contributed by atoms with Gasteiger partial charge >= 0.3 is 12.1 Å². The highest BCUT2D eigenvalue weighted by molar-refractivity contribution is 14.1. The van der Waals surface area contributed by atoms with Gasteiger partial charge in [0.1, 0.15) is 4.88 Å². The van der Waals surface area contributed by atoms with Gasteiger partial charge in [0.25, 0.3) is 0 Å². The summed E-state index contributed by atoms with van der Waals surface area (Å²) in [6.07, 6.45) is -3.99. The summed E-state index contributed by atoms with van der Waals surface area (Å²) in [5.41, 5.74) is 0.425. The third-order valence-corrected chi connectivity index (χ3v) is 6.80. The zero-order valence-electron chi connectivity index (χ0n) is 15.8. The molecule has 1 amide bonds. The number of carbonyl (C=O) groups is 2. The summed E-state index contributed by atoms with van der Waals surface area (Å²) >= 11 is 3.27. The number of thiophene rings is 1. The van der Waals surface area contributed by atoms with Crippen LogP contribution in [-0.4, -0.2) is 44.9 Å². The van der Waals surface area contributed by atoms with Crippen LogP contribution in [0.5, 0.6) is 0 Å². The number of nitrogens with zero attached hydrogens (tertiary/aromatic N) is 1. The van der Waals surface area contributed by atoms with Gasteiger partial charge in [-0.2, -0.15) is 13.2 Å². The standard InChI is InChI=1S/C18H23F3INO4S/c1-10(9-26-2)23(13-8-14(22)28-15(13)17(25)27-3)16(24)11-4-6-12(7-5-11)18(19,20)21/h8,10-12H,4-7,9H2,1-3H3. The highest BCUT2D eigenvalue weighted by atomic mass is 127. The van der Waals surface area contributed by atoms with Crippen molar-refractivity contribution < 1.29 is 32.2 Å². The molecule has 1 atom stereocenters. The van der Waals surface area contributed by atoms with E-state index in [0.29, 0.717) is 10.6 Å². The zero-order chi connectivity index (χ0) is 21.1. The number of hydrogen-bond acceptors (Lipinski definition) is 5. The SMILES string of the molecule is COCC(C)N(C(=O)C1CCC(C(F)(F)F)CC1)c1cc(I)sc1C(=O)OC. The zero-order valence-corrected chi connectivity index (χ0v) is 18.8. The van der Waals surface area contributed by atoms with Crippen LogP contribution in [0.4, 0.5) is 18.9 Å². The van der Waals surface area contributed by atoms with Gasteiger partial charge in [-0.3, -0.25) is 4.79 Å². The molecule has 1 saturated carbocycles. The number of anilines is 1. The molecule has 2 rings (SSSR count). The quantitative estimate of drug-likeness (QED) is 0.387. The Balaban J connectivity index is 2.30. The van der Waals surface area contributed by atoms with Crippen LogP contribution in [0.15, 0.2) is 6.07 Å². The topological polar surface area (TPSA) is 55.8 Å². The predicted molar refractivity (Wildman–Crippen MR) is 109 cm³/mol. The van der Waals surface area contributed by atoms with Crippen molar-refractivity contribution in [3.63, 3.8) is 0 Å². The molecule has 0 saturated heterocycles. The molecule has 1 unspecified atom stereocenters. The number of methoxy groups -OCH3 is 2. The van der Waals surface area contributed by atoms with E-state index in [2.05, 4.69) is 22.6 Å². The molecule has 1 aliphatic carbocycles. The van der Waals surface area contributed by atoms with Gasteiger partial charge in [-0.15, -0.1) is 11.3 Å². The second kappa shape index (κ2) is 9.75. The Labute approximate surface area is 179 Å². The first-order valence-corrected chi connectivity index (χ1v) is 10.8. The van der Waals surface area contributed by atoms with Crippen LogP contribution in [0.1, 0.15) is 42.3 Å². The molecule has 158 valence electrons. The van der Waals surface area contributed by atoms with Crippen molar-refractivity contribution in [2.24, 2.45) is 11.8 Å². The van der Waals surface area contributed by atoms with Crippen molar-refractivity contribution in [3.05, 3.63) is 13.8 Å². The summed E-state index contributed by atoms with van der Waals surface area (Å²) in [4.78, 5) is 27.2. The number of carbonyl (C=O) groups excluding carboxylic acids is 2. The van der Waals surface area contributed by atoms with Crippen LogP contribution >= 0.6 is 33.9 Å². The molecular weight excluding hydrogens is 510 g/mol. The Morgan fingerprint density at radius 1 is 1.29 bits per heavy atom. The van der Waals surface area contributed by atoms with Gasteiger partial charge in [0, 0.05) is 13.0 Å². The molecule has 1 fully saturated rings. The van der Waals surface area contributed by atoms with Gasteiger partial charge in [-0.25, -0.2) is 4.79 Å². The molecule has 0 spiro atoms. The number of alkyl halides is 3. The van der Waals surface area contributed by atoms with E-state index in [9.17, 15) is 22.8 Å². The van der Waals surface area contributed by atoms with E-state index in [0.717, 1.165) is 2.88 Å².